The average Bonchev–Trinajstić information content (AvgIpc) is 2.38. The minimum absolute atomic E-state index is 1.16. The van der Waals surface area contributed by atoms with Crippen LogP contribution in [0.3, 0.4) is 0 Å². The zero-order chi connectivity index (χ0) is 16.4. The molecule has 0 saturated heterocycles. The topological polar surface area (TPSA) is 109 Å². The Morgan fingerprint density at radius 2 is 1.62 bits per heavy atom. The van der Waals surface area contributed by atoms with Crippen molar-refractivity contribution in [3.8, 4) is 5.75 Å². The van der Waals surface area contributed by atoms with E-state index in [-0.39, 0.29) is 0 Å². The van der Waals surface area contributed by atoms with E-state index < -0.39 is 57.4 Å². The van der Waals surface area contributed by atoms with Crippen LogP contribution >= 0.6 is 0 Å². The van der Waals surface area contributed by atoms with Crippen molar-refractivity contribution in [2.75, 3.05) is 6.54 Å². The molecule has 21 heavy (non-hydrogen) atoms. The van der Waals surface area contributed by atoms with Gasteiger partial charge in [0.25, 0.3) is 0 Å². The van der Waals surface area contributed by atoms with Crippen LogP contribution in [0, 0.1) is 23.3 Å². The monoisotopic (exact) mass is 331 g/mol. The molecule has 1 aromatic rings. The molecule has 0 spiro atoms. The molecule has 1 aromatic carbocycles. The van der Waals surface area contributed by atoms with Gasteiger partial charge in [-0.15, -0.1) is 0 Å². The summed E-state index contributed by atoms with van der Waals surface area (Å²) in [6.07, 6.45) is 0. The van der Waals surface area contributed by atoms with Crippen molar-refractivity contribution in [1.29, 1.82) is 0 Å². The normalized spacial score (nSPS) is 10.9. The van der Waals surface area contributed by atoms with Gasteiger partial charge in [0, 0.05) is 4.91 Å². The molecule has 0 aliphatic carbocycles. The van der Waals surface area contributed by atoms with Crippen molar-refractivity contribution < 1.29 is 38.8 Å². The molecule has 0 bridgehead atoms. The zero-order valence-electron chi connectivity index (χ0n) is 9.48. The van der Waals surface area contributed by atoms with Crippen LogP contribution in [-0.4, -0.2) is 20.7 Å². The highest BCUT2D eigenvalue weighted by Crippen LogP contribution is 2.31. The van der Waals surface area contributed by atoms with Gasteiger partial charge in [0.2, 0.25) is 17.4 Å². The minimum Gasteiger partial charge on any atom is -0.352 e. The van der Waals surface area contributed by atoms with E-state index in [1.165, 1.54) is 0 Å². The number of halogens is 5. The number of benzene rings is 1. The van der Waals surface area contributed by atoms with Crippen LogP contribution in [0.4, 0.5) is 21.4 Å². The summed E-state index contributed by atoms with van der Waals surface area (Å²) in [4.78, 5) is 13.3. The lowest BCUT2D eigenvalue weighted by molar-refractivity contribution is 0.0991. The van der Waals surface area contributed by atoms with E-state index in [1.807, 2.05) is 0 Å². The first-order valence-electron chi connectivity index (χ1n) is 4.64. The quantitative estimate of drug-likeness (QED) is 0.157. The fraction of sp³-hybridized carbons (Fsp3) is 0.125. The summed E-state index contributed by atoms with van der Waals surface area (Å²) in [6.45, 7) is -1.16. The molecule has 0 aliphatic rings. The van der Waals surface area contributed by atoms with Gasteiger partial charge < -0.3 is 4.18 Å². The summed E-state index contributed by atoms with van der Waals surface area (Å²) in [7, 11) is -5.97. The summed E-state index contributed by atoms with van der Waals surface area (Å²) in [5.41, 5.74) is 6.16. The highest BCUT2D eigenvalue weighted by atomic mass is 32.3. The van der Waals surface area contributed by atoms with Crippen LogP contribution in [0.1, 0.15) is 10.4 Å². The van der Waals surface area contributed by atoms with Crippen molar-refractivity contribution in [1.82, 2.24) is 0 Å². The number of Topliss-reactive ketones (excluding diaryl/α,β-unsaturated/α-hetero) is 1. The Labute approximate surface area is 113 Å². The SMILES string of the molecule is [N-]=[N+]=NCC(=O)c1c(F)c(F)c(OS(=O)(=O)F)c(F)c1F. The number of nitrogens with zero attached hydrogens (tertiary/aromatic N) is 3. The third-order valence-electron chi connectivity index (χ3n) is 1.96. The summed E-state index contributed by atoms with van der Waals surface area (Å²) in [5.74, 6) is -13.4. The molecule has 0 aliphatic heterocycles. The molecule has 0 aromatic heterocycles. The third kappa shape index (κ3) is 3.58. The number of hydrogen-bond acceptors (Lipinski definition) is 5. The maximum atomic E-state index is 13.4. The molecular weight excluding hydrogens is 329 g/mol. The van der Waals surface area contributed by atoms with E-state index in [1.54, 1.807) is 0 Å². The highest BCUT2D eigenvalue weighted by Gasteiger charge is 2.32. The van der Waals surface area contributed by atoms with Gasteiger partial charge in [-0.1, -0.05) is 9.00 Å². The second-order valence-corrected chi connectivity index (χ2v) is 4.20. The van der Waals surface area contributed by atoms with Crippen LogP contribution in [0.2, 0.25) is 0 Å². The third-order valence-corrected chi connectivity index (χ3v) is 2.33. The van der Waals surface area contributed by atoms with E-state index in [4.69, 9.17) is 5.53 Å². The van der Waals surface area contributed by atoms with Gasteiger partial charge >= 0.3 is 10.5 Å². The van der Waals surface area contributed by atoms with Gasteiger partial charge in [-0.25, -0.2) is 8.78 Å². The molecule has 114 valence electrons. The van der Waals surface area contributed by atoms with Crippen LogP contribution in [-0.2, 0) is 10.5 Å². The van der Waals surface area contributed by atoms with Gasteiger partial charge in [0.1, 0.15) is 0 Å². The van der Waals surface area contributed by atoms with Crippen LogP contribution < -0.4 is 4.18 Å². The smallest absolute Gasteiger partial charge is 0.352 e. The lowest BCUT2D eigenvalue weighted by Crippen LogP contribution is -2.15. The van der Waals surface area contributed by atoms with Crippen molar-refractivity contribution >= 4 is 16.3 Å². The molecular formula is C8H2F5N3O4S. The number of carbonyl (C=O) groups is 1. The second kappa shape index (κ2) is 5.93. The van der Waals surface area contributed by atoms with Crippen molar-refractivity contribution in [2.45, 2.75) is 0 Å². The molecule has 0 heterocycles. The number of carbonyl (C=O) groups excluding carboxylic acids is 1. The number of ketones is 1. The Kier molecular flexibility index (Phi) is 4.70. The van der Waals surface area contributed by atoms with E-state index in [9.17, 15) is 34.7 Å². The van der Waals surface area contributed by atoms with Gasteiger partial charge in [-0.05, 0) is 5.53 Å². The summed E-state index contributed by atoms with van der Waals surface area (Å²) >= 11 is 0. The first kappa shape index (κ1) is 16.7. The molecule has 0 atom stereocenters. The predicted molar refractivity (Wildman–Crippen MR) is 55.3 cm³/mol. The first-order valence-corrected chi connectivity index (χ1v) is 5.95. The Hall–Kier alpha value is -2.40. The molecule has 0 N–H and O–H groups in total. The molecule has 1 rings (SSSR count). The van der Waals surface area contributed by atoms with Gasteiger partial charge in [-0.2, -0.15) is 17.2 Å². The molecule has 0 fully saturated rings. The Balaban J connectivity index is 3.53. The van der Waals surface area contributed by atoms with Crippen LogP contribution in [0.5, 0.6) is 5.75 Å². The fourth-order valence-electron chi connectivity index (χ4n) is 1.20. The molecule has 0 amide bonds. The molecule has 13 heteroatoms. The average molecular weight is 331 g/mol. The highest BCUT2D eigenvalue weighted by molar-refractivity contribution is 7.81. The minimum atomic E-state index is -5.97. The van der Waals surface area contributed by atoms with Gasteiger partial charge in [0.05, 0.1) is 12.1 Å². The lowest BCUT2D eigenvalue weighted by Gasteiger charge is -2.09. The molecule has 0 saturated carbocycles. The zero-order valence-corrected chi connectivity index (χ0v) is 10.3. The summed E-state index contributed by atoms with van der Waals surface area (Å²) < 4.78 is 89.0. The lowest BCUT2D eigenvalue weighted by atomic mass is 10.1. The van der Waals surface area contributed by atoms with E-state index in [0.717, 1.165) is 0 Å². The first-order chi connectivity index (χ1) is 9.60. The van der Waals surface area contributed by atoms with Crippen molar-refractivity contribution in [3.05, 3.63) is 39.3 Å². The van der Waals surface area contributed by atoms with Gasteiger partial charge in [0.15, 0.2) is 17.4 Å². The van der Waals surface area contributed by atoms with Crippen LogP contribution in [0.25, 0.3) is 10.4 Å². The number of rotatable bonds is 5. The maximum Gasteiger partial charge on any atom is 0.488 e. The van der Waals surface area contributed by atoms with Crippen molar-refractivity contribution in [3.63, 3.8) is 0 Å². The number of azide groups is 1. The molecule has 0 radical (unpaired) electrons. The maximum absolute atomic E-state index is 13.4. The molecule has 7 nitrogen and oxygen atoms in total. The van der Waals surface area contributed by atoms with E-state index >= 15 is 0 Å². The Morgan fingerprint density at radius 3 is 2.00 bits per heavy atom. The van der Waals surface area contributed by atoms with E-state index in [0.29, 0.717) is 0 Å². The van der Waals surface area contributed by atoms with Crippen molar-refractivity contribution in [2.24, 2.45) is 5.11 Å². The number of hydrogen-bond donors (Lipinski definition) is 0. The summed E-state index contributed by atoms with van der Waals surface area (Å²) in [6, 6.07) is 0. The predicted octanol–water partition coefficient (Wildman–Crippen LogP) is 2.33. The van der Waals surface area contributed by atoms with E-state index in [2.05, 4.69) is 14.2 Å². The Morgan fingerprint density at radius 1 is 1.14 bits per heavy atom. The summed E-state index contributed by atoms with van der Waals surface area (Å²) in [5, 5.41) is 2.64. The standard InChI is InChI=1S/C8H2F5N3O4S/c9-4-3(2(17)1-15-16-14)5(10)7(12)8(6(4)11)20-21(13,18)19/h1H2. The Bertz CT molecular complexity index is 731. The van der Waals surface area contributed by atoms with Gasteiger partial charge in [-0.3, -0.25) is 4.79 Å². The largest absolute Gasteiger partial charge is 0.488 e. The second-order valence-electron chi connectivity index (χ2n) is 3.25. The fourth-order valence-corrected chi connectivity index (χ4v) is 1.55. The molecule has 0 unspecified atom stereocenters. The van der Waals surface area contributed by atoms with Crippen LogP contribution in [0.15, 0.2) is 5.11 Å².